The molecule has 2 rings (SSSR count). The highest BCUT2D eigenvalue weighted by molar-refractivity contribution is 5.76. The van der Waals surface area contributed by atoms with Gasteiger partial charge in [0, 0.05) is 24.2 Å². The zero-order valence-corrected chi connectivity index (χ0v) is 13.7. The molecule has 0 radical (unpaired) electrons. The molecule has 0 aliphatic heterocycles. The van der Waals surface area contributed by atoms with Gasteiger partial charge in [0.2, 0.25) is 0 Å². The number of carbonyl (C=O) groups excluding carboxylic acids is 1. The molecule has 5 nitrogen and oxygen atoms in total. The van der Waals surface area contributed by atoms with E-state index >= 15 is 0 Å². The fourth-order valence-corrected chi connectivity index (χ4v) is 2.54. The third kappa shape index (κ3) is 4.49. The number of esters is 1. The quantitative estimate of drug-likeness (QED) is 0.680. The number of phenolic OH excluding ortho intramolecular Hbond substituents is 2. The summed E-state index contributed by atoms with van der Waals surface area (Å²) in [7, 11) is 1.35. The number of aliphatic hydroxyl groups is 1. The number of aromatic hydroxyl groups is 2. The molecule has 0 saturated heterocycles. The lowest BCUT2D eigenvalue weighted by Gasteiger charge is -2.11. The van der Waals surface area contributed by atoms with Crippen molar-refractivity contribution in [3.8, 4) is 22.6 Å². The highest BCUT2D eigenvalue weighted by Crippen LogP contribution is 2.37. The summed E-state index contributed by atoms with van der Waals surface area (Å²) < 4.78 is 4.63. The summed E-state index contributed by atoms with van der Waals surface area (Å²) in [5.74, 6) is -0.159. The summed E-state index contributed by atoms with van der Waals surface area (Å²) in [6, 6.07) is 10.3. The predicted molar refractivity (Wildman–Crippen MR) is 91.0 cm³/mol. The third-order valence-corrected chi connectivity index (χ3v) is 3.88. The van der Waals surface area contributed by atoms with Crippen LogP contribution in [0, 0.1) is 0 Å². The van der Waals surface area contributed by atoms with Crippen LogP contribution < -0.4 is 0 Å². The van der Waals surface area contributed by atoms with Gasteiger partial charge >= 0.3 is 5.97 Å². The Balaban J connectivity index is 2.31. The highest BCUT2D eigenvalue weighted by atomic mass is 16.5. The molecule has 0 aliphatic rings. The fraction of sp³-hybridized carbons (Fsp3) is 0.316. The minimum atomic E-state index is -0.293. The molecule has 3 N–H and O–H groups in total. The summed E-state index contributed by atoms with van der Waals surface area (Å²) in [4.78, 5) is 11.3. The normalized spacial score (nSPS) is 10.6. The lowest BCUT2D eigenvalue weighted by atomic mass is 9.96. The lowest BCUT2D eigenvalue weighted by molar-refractivity contribution is -0.140. The van der Waals surface area contributed by atoms with Crippen LogP contribution >= 0.6 is 0 Å². The van der Waals surface area contributed by atoms with E-state index in [9.17, 15) is 15.0 Å². The van der Waals surface area contributed by atoms with Crippen molar-refractivity contribution >= 4 is 5.97 Å². The average molecular weight is 330 g/mol. The van der Waals surface area contributed by atoms with Crippen LogP contribution in [0.5, 0.6) is 11.5 Å². The molecular formula is C19H22O5. The van der Waals surface area contributed by atoms with Crippen molar-refractivity contribution in [2.45, 2.75) is 25.7 Å². The summed E-state index contributed by atoms with van der Waals surface area (Å²) in [5, 5.41) is 29.3. The molecule has 2 aromatic carbocycles. The number of phenols is 2. The predicted octanol–water partition coefficient (Wildman–Crippen LogP) is 2.80. The van der Waals surface area contributed by atoms with Crippen molar-refractivity contribution in [3.63, 3.8) is 0 Å². The van der Waals surface area contributed by atoms with Gasteiger partial charge in [-0.15, -0.1) is 0 Å². The molecule has 0 bridgehead atoms. The molecule has 128 valence electrons. The van der Waals surface area contributed by atoms with Crippen molar-refractivity contribution < 1.29 is 24.9 Å². The number of hydrogen-bond acceptors (Lipinski definition) is 5. The molecule has 0 aromatic heterocycles. The zero-order chi connectivity index (χ0) is 17.5. The van der Waals surface area contributed by atoms with Crippen molar-refractivity contribution in [2.24, 2.45) is 0 Å². The molecule has 0 fully saturated rings. The van der Waals surface area contributed by atoms with Gasteiger partial charge in [0.15, 0.2) is 0 Å². The Bertz CT molecular complexity index is 709. The number of methoxy groups -OCH3 is 1. The Morgan fingerprint density at radius 1 is 0.958 bits per heavy atom. The number of ether oxygens (including phenoxy) is 1. The lowest BCUT2D eigenvalue weighted by Crippen LogP contribution is -2.02. The molecule has 0 aliphatic carbocycles. The van der Waals surface area contributed by atoms with E-state index in [0.29, 0.717) is 30.4 Å². The van der Waals surface area contributed by atoms with E-state index in [1.165, 1.54) is 7.11 Å². The van der Waals surface area contributed by atoms with Gasteiger partial charge in [0.1, 0.15) is 11.5 Å². The third-order valence-electron chi connectivity index (χ3n) is 3.88. The number of aliphatic hydroxyl groups excluding tert-OH is 1. The number of aryl methyl sites for hydroxylation is 2. The van der Waals surface area contributed by atoms with Crippen LogP contribution in [0.25, 0.3) is 11.1 Å². The first-order valence-corrected chi connectivity index (χ1v) is 7.87. The Morgan fingerprint density at radius 2 is 1.50 bits per heavy atom. The fourth-order valence-electron chi connectivity index (χ4n) is 2.54. The maximum Gasteiger partial charge on any atom is 0.305 e. The molecule has 0 atom stereocenters. The summed E-state index contributed by atoms with van der Waals surface area (Å²) >= 11 is 0. The average Bonchev–Trinajstić information content (AvgIpc) is 2.60. The molecule has 24 heavy (non-hydrogen) atoms. The molecule has 2 aromatic rings. The van der Waals surface area contributed by atoms with Gasteiger partial charge in [-0.2, -0.15) is 0 Å². The summed E-state index contributed by atoms with van der Waals surface area (Å²) in [6.45, 7) is 0.102. The minimum absolute atomic E-state index is 0.0615. The first kappa shape index (κ1) is 17.8. The number of carbonyl (C=O) groups is 1. The van der Waals surface area contributed by atoms with Gasteiger partial charge in [-0.3, -0.25) is 4.79 Å². The highest BCUT2D eigenvalue weighted by Gasteiger charge is 2.12. The van der Waals surface area contributed by atoms with Gasteiger partial charge in [-0.05, 0) is 54.7 Å². The van der Waals surface area contributed by atoms with Gasteiger partial charge in [-0.1, -0.05) is 12.1 Å². The minimum Gasteiger partial charge on any atom is -0.507 e. The van der Waals surface area contributed by atoms with Gasteiger partial charge in [0.05, 0.1) is 7.11 Å². The maximum atomic E-state index is 11.3. The monoisotopic (exact) mass is 330 g/mol. The number of benzene rings is 2. The molecule has 0 heterocycles. The Kier molecular flexibility index (Phi) is 6.21. The Labute approximate surface area is 141 Å². The van der Waals surface area contributed by atoms with E-state index in [2.05, 4.69) is 4.74 Å². The van der Waals surface area contributed by atoms with Crippen molar-refractivity contribution in [1.29, 1.82) is 0 Å². The largest absolute Gasteiger partial charge is 0.507 e. The first-order chi connectivity index (χ1) is 11.5. The van der Waals surface area contributed by atoms with Gasteiger partial charge in [0.25, 0.3) is 0 Å². The van der Waals surface area contributed by atoms with Crippen LogP contribution in [0.2, 0.25) is 0 Å². The SMILES string of the molecule is COC(=O)CCc1ccc(O)c(-c2cc(CCCO)ccc2O)c1. The molecular weight excluding hydrogens is 308 g/mol. The number of rotatable bonds is 7. The van der Waals surface area contributed by atoms with Crippen LogP contribution in [-0.4, -0.2) is 35.0 Å². The Hall–Kier alpha value is -2.53. The molecule has 0 spiro atoms. The van der Waals surface area contributed by atoms with E-state index in [1.54, 1.807) is 30.3 Å². The Morgan fingerprint density at radius 3 is 2.00 bits per heavy atom. The second kappa shape index (κ2) is 8.36. The van der Waals surface area contributed by atoms with Crippen LogP contribution in [0.1, 0.15) is 24.0 Å². The second-order valence-electron chi connectivity index (χ2n) is 5.61. The molecule has 0 saturated carbocycles. The molecule has 0 amide bonds. The van der Waals surface area contributed by atoms with Crippen molar-refractivity contribution in [3.05, 3.63) is 47.5 Å². The van der Waals surface area contributed by atoms with Crippen LogP contribution in [0.15, 0.2) is 36.4 Å². The zero-order valence-electron chi connectivity index (χ0n) is 13.7. The van der Waals surface area contributed by atoms with Crippen LogP contribution in [0.4, 0.5) is 0 Å². The summed E-state index contributed by atoms with van der Waals surface area (Å²) in [5.41, 5.74) is 2.88. The number of hydrogen-bond donors (Lipinski definition) is 3. The van der Waals surface area contributed by atoms with E-state index in [-0.39, 0.29) is 30.5 Å². The van der Waals surface area contributed by atoms with Gasteiger partial charge < -0.3 is 20.1 Å². The van der Waals surface area contributed by atoms with E-state index < -0.39 is 0 Å². The first-order valence-electron chi connectivity index (χ1n) is 7.87. The summed E-state index contributed by atoms with van der Waals surface area (Å²) in [6.07, 6.45) is 2.07. The molecule has 0 unspecified atom stereocenters. The van der Waals surface area contributed by atoms with Gasteiger partial charge in [-0.25, -0.2) is 0 Å². The second-order valence-corrected chi connectivity index (χ2v) is 5.61. The van der Waals surface area contributed by atoms with Crippen molar-refractivity contribution in [2.75, 3.05) is 13.7 Å². The van der Waals surface area contributed by atoms with E-state index in [4.69, 9.17) is 5.11 Å². The maximum absolute atomic E-state index is 11.3. The smallest absolute Gasteiger partial charge is 0.305 e. The van der Waals surface area contributed by atoms with E-state index in [1.807, 2.05) is 6.07 Å². The standard InChI is InChI=1S/C19H22O5/c1-24-19(23)9-6-14-5-8-18(22)16(12-14)15-11-13(3-2-10-20)4-7-17(15)21/h4-5,7-8,11-12,20-22H,2-3,6,9-10H2,1H3. The van der Waals surface area contributed by atoms with Crippen LogP contribution in [-0.2, 0) is 22.4 Å². The molecule has 5 heteroatoms. The topological polar surface area (TPSA) is 87.0 Å². The van der Waals surface area contributed by atoms with Crippen LogP contribution in [0.3, 0.4) is 0 Å². The van der Waals surface area contributed by atoms with Crippen molar-refractivity contribution in [1.82, 2.24) is 0 Å². The van der Waals surface area contributed by atoms with E-state index in [0.717, 1.165) is 11.1 Å².